The third-order valence-electron chi connectivity index (χ3n) is 4.77. The van der Waals surface area contributed by atoms with Gasteiger partial charge >= 0.3 is 0 Å². The highest BCUT2D eigenvalue weighted by molar-refractivity contribution is 7.89. The van der Waals surface area contributed by atoms with Crippen molar-refractivity contribution in [3.63, 3.8) is 0 Å². The number of nitrogens with zero attached hydrogens (tertiary/aromatic N) is 1. The Morgan fingerprint density at radius 3 is 2.31 bits per heavy atom. The molecule has 0 saturated carbocycles. The van der Waals surface area contributed by atoms with Crippen LogP contribution in [-0.2, 0) is 27.8 Å². The predicted octanol–water partition coefficient (Wildman–Crippen LogP) is 2.43. The van der Waals surface area contributed by atoms with Crippen molar-refractivity contribution in [2.75, 3.05) is 0 Å². The van der Waals surface area contributed by atoms with Gasteiger partial charge in [-0.2, -0.15) is 4.31 Å². The average Bonchev–Trinajstić information content (AvgIpc) is 2.66. The summed E-state index contributed by atoms with van der Waals surface area (Å²) >= 11 is 0. The number of hydrogen-bond acceptors (Lipinski definition) is 4. The van der Waals surface area contributed by atoms with E-state index >= 15 is 0 Å². The molecule has 2 N–H and O–H groups in total. The van der Waals surface area contributed by atoms with Gasteiger partial charge in [0.2, 0.25) is 10.0 Å². The molecule has 1 aliphatic heterocycles. The highest BCUT2D eigenvalue weighted by Crippen LogP contribution is 2.29. The van der Waals surface area contributed by atoms with Gasteiger partial charge in [0.1, 0.15) is 6.04 Å². The van der Waals surface area contributed by atoms with E-state index in [-0.39, 0.29) is 17.9 Å². The van der Waals surface area contributed by atoms with Crippen molar-refractivity contribution in [2.24, 2.45) is 0 Å². The van der Waals surface area contributed by atoms with Crippen LogP contribution in [0.25, 0.3) is 0 Å². The maximum Gasteiger partial charge on any atom is 0.262 e. The van der Waals surface area contributed by atoms with Gasteiger partial charge in [-0.1, -0.05) is 50.2 Å². The highest BCUT2D eigenvalue weighted by Gasteiger charge is 2.39. The zero-order chi connectivity index (χ0) is 18.9. The van der Waals surface area contributed by atoms with Crippen LogP contribution in [0.15, 0.2) is 53.4 Å². The first-order valence-electron chi connectivity index (χ1n) is 8.47. The molecule has 7 heteroatoms. The molecular weight excluding hydrogens is 352 g/mol. The monoisotopic (exact) mass is 374 g/mol. The molecule has 1 aliphatic rings. The first-order valence-corrected chi connectivity index (χ1v) is 9.91. The molecule has 2 aromatic rings. The van der Waals surface area contributed by atoms with Gasteiger partial charge in [-0.15, -0.1) is 0 Å². The maximum absolute atomic E-state index is 13.2. The largest absolute Gasteiger partial charge is 0.289 e. The number of nitrogens with one attached hydrogen (secondary N) is 1. The second-order valence-electron chi connectivity index (χ2n) is 6.74. The lowest BCUT2D eigenvalue weighted by Gasteiger charge is -2.34. The average molecular weight is 374 g/mol. The van der Waals surface area contributed by atoms with Crippen LogP contribution in [0.1, 0.15) is 36.5 Å². The molecule has 2 aromatic carbocycles. The fourth-order valence-electron chi connectivity index (χ4n) is 3.21. The first-order chi connectivity index (χ1) is 12.3. The van der Waals surface area contributed by atoms with Gasteiger partial charge in [0.15, 0.2) is 0 Å². The van der Waals surface area contributed by atoms with Gasteiger partial charge in [0.05, 0.1) is 4.90 Å². The predicted molar refractivity (Wildman–Crippen MR) is 97.1 cm³/mol. The van der Waals surface area contributed by atoms with E-state index < -0.39 is 22.0 Å². The second kappa shape index (κ2) is 7.19. The van der Waals surface area contributed by atoms with Gasteiger partial charge in [0, 0.05) is 6.54 Å². The van der Waals surface area contributed by atoms with Crippen molar-refractivity contribution in [1.82, 2.24) is 9.79 Å². The summed E-state index contributed by atoms with van der Waals surface area (Å²) in [7, 11) is -3.89. The number of fused-ring (bicyclic) bond motifs is 1. The first kappa shape index (κ1) is 18.6. The number of carbonyl (C=O) groups excluding carboxylic acids is 1. The summed E-state index contributed by atoms with van der Waals surface area (Å²) in [6.07, 6.45) is 0.214. The quantitative estimate of drug-likeness (QED) is 0.636. The molecule has 1 amide bonds. The van der Waals surface area contributed by atoms with Crippen LogP contribution in [0.5, 0.6) is 0 Å². The van der Waals surface area contributed by atoms with E-state index in [2.05, 4.69) is 0 Å². The van der Waals surface area contributed by atoms with E-state index in [0.29, 0.717) is 5.92 Å². The SMILES string of the molecule is CC(C)c1ccc(S(=O)(=O)N2Cc3ccccc3C[C@@H]2C(=O)NO)cc1. The maximum atomic E-state index is 13.2. The Morgan fingerprint density at radius 1 is 1.12 bits per heavy atom. The number of hydrogen-bond donors (Lipinski definition) is 2. The molecule has 0 saturated heterocycles. The van der Waals surface area contributed by atoms with Crippen molar-refractivity contribution in [1.29, 1.82) is 0 Å². The van der Waals surface area contributed by atoms with Crippen LogP contribution >= 0.6 is 0 Å². The van der Waals surface area contributed by atoms with E-state index in [0.717, 1.165) is 21.0 Å². The molecule has 26 heavy (non-hydrogen) atoms. The fourth-order valence-corrected chi connectivity index (χ4v) is 4.77. The van der Waals surface area contributed by atoms with E-state index in [1.807, 2.05) is 38.1 Å². The molecule has 1 atom stereocenters. The number of amides is 1. The minimum atomic E-state index is -3.89. The lowest BCUT2D eigenvalue weighted by molar-refractivity contribution is -0.133. The van der Waals surface area contributed by atoms with Crippen LogP contribution in [0, 0.1) is 0 Å². The van der Waals surface area contributed by atoms with Crippen molar-refractivity contribution >= 4 is 15.9 Å². The van der Waals surface area contributed by atoms with Gasteiger partial charge < -0.3 is 0 Å². The number of hydroxylamine groups is 1. The van der Waals surface area contributed by atoms with Gasteiger partial charge in [-0.25, -0.2) is 13.9 Å². The summed E-state index contributed by atoms with van der Waals surface area (Å²) in [5.74, 6) is -0.441. The van der Waals surface area contributed by atoms with Crippen molar-refractivity contribution < 1.29 is 18.4 Å². The fraction of sp³-hybridized carbons (Fsp3) is 0.316. The zero-order valence-electron chi connectivity index (χ0n) is 14.7. The number of rotatable bonds is 4. The molecule has 0 unspecified atom stereocenters. The number of benzene rings is 2. The normalized spacial score (nSPS) is 17.8. The van der Waals surface area contributed by atoms with Crippen molar-refractivity contribution in [3.05, 3.63) is 65.2 Å². The second-order valence-corrected chi connectivity index (χ2v) is 8.63. The Bertz CT molecular complexity index is 907. The Labute approximate surface area is 153 Å². The molecule has 0 aliphatic carbocycles. The minimum Gasteiger partial charge on any atom is -0.289 e. The Morgan fingerprint density at radius 2 is 1.73 bits per heavy atom. The van der Waals surface area contributed by atoms with Crippen LogP contribution in [0.4, 0.5) is 0 Å². The Balaban J connectivity index is 2.01. The lowest BCUT2D eigenvalue weighted by atomic mass is 9.95. The van der Waals surface area contributed by atoms with Crippen LogP contribution in [0.3, 0.4) is 0 Å². The molecule has 0 bridgehead atoms. The van der Waals surface area contributed by atoms with Crippen LogP contribution < -0.4 is 5.48 Å². The molecule has 138 valence electrons. The molecular formula is C19H22N2O4S. The molecule has 1 heterocycles. The highest BCUT2D eigenvalue weighted by atomic mass is 32.2. The van der Waals surface area contributed by atoms with Gasteiger partial charge in [-0.3, -0.25) is 10.0 Å². The Kier molecular flexibility index (Phi) is 5.13. The van der Waals surface area contributed by atoms with E-state index in [1.165, 1.54) is 0 Å². The summed E-state index contributed by atoms with van der Waals surface area (Å²) in [5.41, 5.74) is 4.40. The summed E-state index contributed by atoms with van der Waals surface area (Å²) < 4.78 is 27.5. The number of carbonyl (C=O) groups is 1. The van der Waals surface area contributed by atoms with E-state index in [4.69, 9.17) is 5.21 Å². The molecule has 0 spiro atoms. The summed E-state index contributed by atoms with van der Waals surface area (Å²) in [4.78, 5) is 12.3. The van der Waals surface area contributed by atoms with Crippen molar-refractivity contribution in [3.8, 4) is 0 Å². The van der Waals surface area contributed by atoms with E-state index in [1.54, 1.807) is 29.7 Å². The lowest BCUT2D eigenvalue weighted by Crippen LogP contribution is -2.51. The van der Waals surface area contributed by atoms with Crippen molar-refractivity contribution in [2.45, 2.75) is 43.7 Å². The summed E-state index contributed by atoms with van der Waals surface area (Å²) in [5, 5.41) is 9.07. The molecule has 0 fully saturated rings. The third-order valence-corrected chi connectivity index (χ3v) is 6.64. The standard InChI is InChI=1S/C19H22N2O4S/c1-13(2)14-7-9-17(10-8-14)26(24,25)21-12-16-6-4-3-5-15(16)11-18(21)19(22)20-23/h3-10,13,18,23H,11-12H2,1-2H3,(H,20,22)/t18-/m1/s1. The summed E-state index contributed by atoms with van der Waals surface area (Å²) in [6.45, 7) is 4.15. The minimum absolute atomic E-state index is 0.0858. The zero-order valence-corrected chi connectivity index (χ0v) is 15.5. The van der Waals surface area contributed by atoms with Crippen LogP contribution in [0.2, 0.25) is 0 Å². The summed E-state index contributed by atoms with van der Waals surface area (Å²) in [6, 6.07) is 13.1. The smallest absolute Gasteiger partial charge is 0.262 e. The Hall–Kier alpha value is -2.22. The van der Waals surface area contributed by atoms with Gasteiger partial charge in [0.25, 0.3) is 5.91 Å². The topological polar surface area (TPSA) is 86.7 Å². The molecule has 6 nitrogen and oxygen atoms in total. The molecule has 0 radical (unpaired) electrons. The van der Waals surface area contributed by atoms with E-state index in [9.17, 15) is 13.2 Å². The third kappa shape index (κ3) is 3.38. The number of sulfonamides is 1. The van der Waals surface area contributed by atoms with Gasteiger partial charge in [-0.05, 0) is 41.2 Å². The molecule has 0 aromatic heterocycles. The molecule has 3 rings (SSSR count). The van der Waals surface area contributed by atoms with Crippen LogP contribution in [-0.4, -0.2) is 29.9 Å².